The van der Waals surface area contributed by atoms with Gasteiger partial charge in [-0.3, -0.25) is 4.79 Å². The van der Waals surface area contributed by atoms with Crippen LogP contribution < -0.4 is 14.8 Å². The molecule has 1 unspecified atom stereocenters. The first-order valence-electron chi connectivity index (χ1n) is 6.34. The van der Waals surface area contributed by atoms with Crippen LogP contribution in [0.15, 0.2) is 18.2 Å². The quantitative estimate of drug-likeness (QED) is 0.895. The van der Waals surface area contributed by atoms with Crippen molar-refractivity contribution in [3.8, 4) is 11.5 Å². The number of hydrogen-bond acceptors (Lipinski definition) is 3. The van der Waals surface area contributed by atoms with Gasteiger partial charge in [0, 0.05) is 12.0 Å². The van der Waals surface area contributed by atoms with Gasteiger partial charge in [0.25, 0.3) is 0 Å². The van der Waals surface area contributed by atoms with Gasteiger partial charge >= 0.3 is 0 Å². The minimum Gasteiger partial charge on any atom is -0.497 e. The summed E-state index contributed by atoms with van der Waals surface area (Å²) < 4.78 is 10.9. The first-order valence-corrected chi connectivity index (χ1v) is 6.34. The summed E-state index contributed by atoms with van der Waals surface area (Å²) in [5, 5.41) is 3.04. The zero-order valence-electron chi connectivity index (χ0n) is 10.9. The summed E-state index contributed by atoms with van der Waals surface area (Å²) in [5.74, 6) is 1.69. The Morgan fingerprint density at radius 3 is 3.11 bits per heavy atom. The van der Waals surface area contributed by atoms with Crippen LogP contribution in [0.4, 0.5) is 0 Å². The summed E-state index contributed by atoms with van der Waals surface area (Å²) in [6, 6.07) is 5.75. The van der Waals surface area contributed by atoms with E-state index in [9.17, 15) is 4.79 Å². The van der Waals surface area contributed by atoms with E-state index in [1.165, 1.54) is 0 Å². The fourth-order valence-corrected chi connectivity index (χ4v) is 2.13. The van der Waals surface area contributed by atoms with Crippen molar-refractivity contribution >= 4 is 5.91 Å². The van der Waals surface area contributed by atoms with Crippen LogP contribution in [0.2, 0.25) is 0 Å². The van der Waals surface area contributed by atoms with E-state index in [0.29, 0.717) is 13.0 Å². The summed E-state index contributed by atoms with van der Waals surface area (Å²) in [4.78, 5) is 11.6. The average molecular weight is 249 g/mol. The summed E-state index contributed by atoms with van der Waals surface area (Å²) >= 11 is 0. The second kappa shape index (κ2) is 5.76. The highest BCUT2D eigenvalue weighted by Gasteiger charge is 2.21. The van der Waals surface area contributed by atoms with E-state index in [4.69, 9.17) is 9.47 Å². The van der Waals surface area contributed by atoms with E-state index in [-0.39, 0.29) is 11.9 Å². The number of carbonyl (C=O) groups is 1. The van der Waals surface area contributed by atoms with E-state index in [0.717, 1.165) is 29.9 Å². The third-order valence-corrected chi connectivity index (χ3v) is 3.14. The molecule has 4 heteroatoms. The highest BCUT2D eigenvalue weighted by Crippen LogP contribution is 2.34. The Bertz CT molecular complexity index is 431. The van der Waals surface area contributed by atoms with Gasteiger partial charge in [-0.05, 0) is 31.0 Å². The zero-order chi connectivity index (χ0) is 13.0. The van der Waals surface area contributed by atoms with Crippen molar-refractivity contribution in [2.24, 2.45) is 0 Å². The highest BCUT2D eigenvalue weighted by molar-refractivity contribution is 5.76. The Hall–Kier alpha value is -1.71. The van der Waals surface area contributed by atoms with Crippen LogP contribution in [-0.2, 0) is 4.79 Å². The van der Waals surface area contributed by atoms with Crippen LogP contribution in [0.25, 0.3) is 0 Å². The van der Waals surface area contributed by atoms with E-state index in [1.807, 2.05) is 25.1 Å². The maximum atomic E-state index is 11.6. The largest absolute Gasteiger partial charge is 0.497 e. The van der Waals surface area contributed by atoms with E-state index >= 15 is 0 Å². The fraction of sp³-hybridized carbons (Fsp3) is 0.500. The lowest BCUT2D eigenvalue weighted by Crippen LogP contribution is -2.27. The predicted molar refractivity (Wildman–Crippen MR) is 68.9 cm³/mol. The van der Waals surface area contributed by atoms with E-state index in [1.54, 1.807) is 7.11 Å². The normalized spacial score (nSPS) is 18.2. The van der Waals surface area contributed by atoms with Gasteiger partial charge in [0.1, 0.15) is 11.5 Å². The number of ether oxygens (including phenoxy) is 2. The summed E-state index contributed by atoms with van der Waals surface area (Å²) in [5.41, 5.74) is 1.01. The number of methoxy groups -OCH3 is 1. The summed E-state index contributed by atoms with van der Waals surface area (Å²) in [7, 11) is 1.64. The first-order chi connectivity index (χ1) is 8.74. The molecule has 1 heterocycles. The fourth-order valence-electron chi connectivity index (χ4n) is 2.13. The number of rotatable bonds is 3. The Kier molecular flexibility index (Phi) is 4.07. The predicted octanol–water partition coefficient (Wildman–Crippen LogP) is 2.44. The molecule has 0 bridgehead atoms. The zero-order valence-corrected chi connectivity index (χ0v) is 10.9. The van der Waals surface area contributed by atoms with Crippen LogP contribution in [0.3, 0.4) is 0 Å². The molecule has 1 atom stereocenters. The molecule has 1 aromatic carbocycles. The number of fused-ring (bicyclic) bond motifs is 1. The molecule has 2 rings (SSSR count). The Balaban J connectivity index is 2.29. The molecule has 0 radical (unpaired) electrons. The molecule has 1 aliphatic heterocycles. The molecule has 0 aromatic heterocycles. The van der Waals surface area contributed by atoms with Crippen molar-refractivity contribution in [3.05, 3.63) is 23.8 Å². The molecule has 0 aliphatic carbocycles. The van der Waals surface area contributed by atoms with Gasteiger partial charge in [0.05, 0.1) is 19.8 Å². The second-order valence-electron chi connectivity index (χ2n) is 4.37. The van der Waals surface area contributed by atoms with E-state index < -0.39 is 0 Å². The van der Waals surface area contributed by atoms with Crippen molar-refractivity contribution in [1.82, 2.24) is 5.32 Å². The molecular weight excluding hydrogens is 230 g/mol. The van der Waals surface area contributed by atoms with Crippen molar-refractivity contribution < 1.29 is 14.3 Å². The van der Waals surface area contributed by atoms with Crippen molar-refractivity contribution in [2.45, 2.75) is 32.2 Å². The number of carbonyl (C=O) groups excluding carboxylic acids is 1. The molecule has 1 aromatic rings. The number of benzene rings is 1. The standard InChI is InChI=1S/C14H19NO3/c1-3-14(16)15-12-5-4-8-18-13-7-6-10(17-2)9-11(12)13/h6-7,9,12H,3-5,8H2,1-2H3,(H,15,16). The molecule has 18 heavy (non-hydrogen) atoms. The molecule has 1 amide bonds. The molecule has 0 fully saturated rings. The van der Waals surface area contributed by atoms with Crippen LogP contribution in [-0.4, -0.2) is 19.6 Å². The van der Waals surface area contributed by atoms with Crippen molar-refractivity contribution in [1.29, 1.82) is 0 Å². The lowest BCUT2D eigenvalue weighted by molar-refractivity contribution is -0.121. The summed E-state index contributed by atoms with van der Waals surface area (Å²) in [6.45, 7) is 2.55. The van der Waals surface area contributed by atoms with Gasteiger partial charge in [0.2, 0.25) is 5.91 Å². The number of nitrogens with one attached hydrogen (secondary N) is 1. The van der Waals surface area contributed by atoms with E-state index in [2.05, 4.69) is 5.32 Å². The Morgan fingerprint density at radius 1 is 1.56 bits per heavy atom. The van der Waals surface area contributed by atoms with Gasteiger partial charge in [-0.15, -0.1) is 0 Å². The lowest BCUT2D eigenvalue weighted by atomic mass is 10.0. The SMILES string of the molecule is CCC(=O)NC1CCCOc2ccc(OC)cc21. The van der Waals surface area contributed by atoms with Gasteiger partial charge in [-0.1, -0.05) is 6.92 Å². The monoisotopic (exact) mass is 249 g/mol. The Morgan fingerprint density at radius 2 is 2.39 bits per heavy atom. The second-order valence-corrected chi connectivity index (χ2v) is 4.37. The highest BCUT2D eigenvalue weighted by atomic mass is 16.5. The topological polar surface area (TPSA) is 47.6 Å². The van der Waals surface area contributed by atoms with Gasteiger partial charge in [-0.25, -0.2) is 0 Å². The van der Waals surface area contributed by atoms with Crippen LogP contribution in [0.5, 0.6) is 11.5 Å². The lowest BCUT2D eigenvalue weighted by Gasteiger charge is -2.18. The minimum absolute atomic E-state index is 0.0186. The molecular formula is C14H19NO3. The van der Waals surface area contributed by atoms with Crippen LogP contribution in [0.1, 0.15) is 37.8 Å². The first kappa shape index (κ1) is 12.7. The van der Waals surface area contributed by atoms with Crippen molar-refractivity contribution in [3.63, 3.8) is 0 Å². The van der Waals surface area contributed by atoms with Gasteiger partial charge < -0.3 is 14.8 Å². The molecule has 0 saturated heterocycles. The van der Waals surface area contributed by atoms with Crippen molar-refractivity contribution in [2.75, 3.05) is 13.7 Å². The maximum Gasteiger partial charge on any atom is 0.220 e. The van der Waals surface area contributed by atoms with Gasteiger partial charge in [0.15, 0.2) is 0 Å². The maximum absolute atomic E-state index is 11.6. The minimum atomic E-state index is 0.0186. The molecule has 1 N–H and O–H groups in total. The Labute approximate surface area is 107 Å². The molecule has 4 nitrogen and oxygen atoms in total. The summed E-state index contributed by atoms with van der Waals surface area (Å²) in [6.07, 6.45) is 2.33. The molecule has 98 valence electrons. The molecule has 0 spiro atoms. The smallest absolute Gasteiger partial charge is 0.220 e. The van der Waals surface area contributed by atoms with Gasteiger partial charge in [-0.2, -0.15) is 0 Å². The number of hydrogen-bond donors (Lipinski definition) is 1. The third-order valence-electron chi connectivity index (χ3n) is 3.14. The molecule has 0 saturated carbocycles. The number of amides is 1. The van der Waals surface area contributed by atoms with Crippen LogP contribution in [0, 0.1) is 0 Å². The average Bonchev–Trinajstić information content (AvgIpc) is 2.60. The van der Waals surface area contributed by atoms with Crippen LogP contribution >= 0.6 is 0 Å². The molecule has 1 aliphatic rings. The third kappa shape index (κ3) is 2.75.